The highest BCUT2D eigenvalue weighted by atomic mass is 19.1. The molecule has 0 spiro atoms. The number of rotatable bonds is 3. The molecule has 3 nitrogen and oxygen atoms in total. The molecule has 1 fully saturated rings. The summed E-state index contributed by atoms with van der Waals surface area (Å²) in [7, 11) is 0. The van der Waals surface area contributed by atoms with Crippen molar-refractivity contribution in [2.24, 2.45) is 11.7 Å². The van der Waals surface area contributed by atoms with Crippen LogP contribution in [0.4, 0.5) is 4.39 Å². The summed E-state index contributed by atoms with van der Waals surface area (Å²) in [5, 5.41) is 9.42. The second-order valence-corrected chi connectivity index (χ2v) is 5.21. The van der Waals surface area contributed by atoms with Crippen molar-refractivity contribution < 1.29 is 9.50 Å². The van der Waals surface area contributed by atoms with Gasteiger partial charge in [-0.3, -0.25) is 4.90 Å². The molecule has 2 rings (SSSR count). The molecule has 1 aliphatic heterocycles. The molecule has 4 heteroatoms. The van der Waals surface area contributed by atoms with Crippen molar-refractivity contribution in [2.45, 2.75) is 32.4 Å². The number of nitrogens with zero attached hydrogens (tertiary/aromatic N) is 1. The van der Waals surface area contributed by atoms with Gasteiger partial charge in [0.2, 0.25) is 0 Å². The van der Waals surface area contributed by atoms with E-state index in [1.807, 2.05) is 0 Å². The van der Waals surface area contributed by atoms with Gasteiger partial charge in [-0.25, -0.2) is 4.39 Å². The van der Waals surface area contributed by atoms with E-state index < -0.39 is 0 Å². The standard InChI is InChI=1S/C14H21FN2O/c1-10-3-2-4-17(14(10)8-16)9-11-5-12(15)7-13(18)6-11/h5-7,10,14,18H,2-4,8-9,16H2,1H3. The molecule has 0 radical (unpaired) electrons. The Morgan fingerprint density at radius 3 is 2.89 bits per heavy atom. The monoisotopic (exact) mass is 252 g/mol. The van der Waals surface area contributed by atoms with Crippen LogP contribution in [0.25, 0.3) is 0 Å². The summed E-state index contributed by atoms with van der Waals surface area (Å²) in [6.07, 6.45) is 2.35. The van der Waals surface area contributed by atoms with E-state index in [1.165, 1.54) is 12.5 Å². The molecule has 1 aliphatic rings. The van der Waals surface area contributed by atoms with Gasteiger partial charge in [0.25, 0.3) is 0 Å². The number of piperidine rings is 1. The van der Waals surface area contributed by atoms with Gasteiger partial charge < -0.3 is 10.8 Å². The zero-order valence-corrected chi connectivity index (χ0v) is 10.8. The lowest BCUT2D eigenvalue weighted by atomic mass is 9.90. The van der Waals surface area contributed by atoms with E-state index in [4.69, 9.17) is 5.73 Å². The van der Waals surface area contributed by atoms with Crippen LogP contribution in [0.3, 0.4) is 0 Å². The molecule has 100 valence electrons. The van der Waals surface area contributed by atoms with E-state index in [1.54, 1.807) is 6.07 Å². The average Bonchev–Trinajstić information content (AvgIpc) is 2.27. The van der Waals surface area contributed by atoms with Crippen molar-refractivity contribution in [3.63, 3.8) is 0 Å². The number of phenolic OH excluding ortho intramolecular Hbond substituents is 1. The van der Waals surface area contributed by atoms with Gasteiger partial charge in [0, 0.05) is 25.2 Å². The Morgan fingerprint density at radius 1 is 1.44 bits per heavy atom. The molecule has 1 aromatic carbocycles. The number of aromatic hydroxyl groups is 1. The van der Waals surface area contributed by atoms with Crippen LogP contribution in [0.5, 0.6) is 5.75 Å². The lowest BCUT2D eigenvalue weighted by molar-refractivity contribution is 0.0989. The van der Waals surface area contributed by atoms with Crippen molar-refractivity contribution >= 4 is 0 Å². The maximum atomic E-state index is 13.2. The van der Waals surface area contributed by atoms with Crippen molar-refractivity contribution in [1.82, 2.24) is 4.90 Å². The van der Waals surface area contributed by atoms with E-state index in [0.29, 0.717) is 25.0 Å². The number of nitrogens with two attached hydrogens (primary N) is 1. The number of hydrogen-bond donors (Lipinski definition) is 2. The zero-order valence-electron chi connectivity index (χ0n) is 10.8. The van der Waals surface area contributed by atoms with Crippen LogP contribution in [0.2, 0.25) is 0 Å². The first-order chi connectivity index (χ1) is 8.60. The molecule has 1 aromatic rings. The molecule has 0 amide bonds. The van der Waals surface area contributed by atoms with E-state index in [0.717, 1.165) is 24.6 Å². The van der Waals surface area contributed by atoms with E-state index in [2.05, 4.69) is 11.8 Å². The van der Waals surface area contributed by atoms with Gasteiger partial charge in [0.15, 0.2) is 0 Å². The molecule has 1 heterocycles. The molecule has 0 aliphatic carbocycles. The van der Waals surface area contributed by atoms with Crippen molar-refractivity contribution in [3.8, 4) is 5.75 Å². The molecular weight excluding hydrogens is 231 g/mol. The van der Waals surface area contributed by atoms with Crippen LogP contribution >= 0.6 is 0 Å². The Kier molecular flexibility index (Phi) is 4.19. The number of halogens is 1. The van der Waals surface area contributed by atoms with Gasteiger partial charge in [0.05, 0.1) is 0 Å². The molecule has 2 unspecified atom stereocenters. The summed E-state index contributed by atoms with van der Waals surface area (Å²) in [6, 6.07) is 4.58. The Bertz CT molecular complexity index is 391. The Hall–Kier alpha value is -1.13. The topological polar surface area (TPSA) is 49.5 Å². The van der Waals surface area contributed by atoms with Gasteiger partial charge in [-0.05, 0) is 43.0 Å². The quantitative estimate of drug-likeness (QED) is 0.866. The van der Waals surface area contributed by atoms with Crippen LogP contribution in [0.1, 0.15) is 25.3 Å². The first-order valence-electron chi connectivity index (χ1n) is 6.52. The van der Waals surface area contributed by atoms with Crippen LogP contribution in [0.15, 0.2) is 18.2 Å². The smallest absolute Gasteiger partial charge is 0.127 e. The Morgan fingerprint density at radius 2 is 2.22 bits per heavy atom. The van der Waals surface area contributed by atoms with Crippen molar-refractivity contribution in [3.05, 3.63) is 29.6 Å². The Balaban J connectivity index is 2.11. The SMILES string of the molecule is CC1CCCN(Cc2cc(O)cc(F)c2)C1CN. The molecule has 18 heavy (non-hydrogen) atoms. The number of phenols is 1. The minimum absolute atomic E-state index is 0.0145. The normalized spacial score (nSPS) is 25.3. The lowest BCUT2D eigenvalue weighted by Gasteiger charge is -2.39. The summed E-state index contributed by atoms with van der Waals surface area (Å²) in [6.45, 7) is 4.48. The first kappa shape index (κ1) is 13.3. The minimum Gasteiger partial charge on any atom is -0.508 e. The third kappa shape index (κ3) is 3.00. The van der Waals surface area contributed by atoms with E-state index in [9.17, 15) is 9.50 Å². The number of hydrogen-bond acceptors (Lipinski definition) is 3. The zero-order chi connectivity index (χ0) is 13.1. The first-order valence-corrected chi connectivity index (χ1v) is 6.52. The largest absolute Gasteiger partial charge is 0.508 e. The molecular formula is C14H21FN2O. The summed E-state index contributed by atoms with van der Waals surface area (Å²) < 4.78 is 13.2. The van der Waals surface area contributed by atoms with Crippen LogP contribution < -0.4 is 5.73 Å². The molecule has 0 bridgehead atoms. The van der Waals surface area contributed by atoms with Gasteiger partial charge >= 0.3 is 0 Å². The molecule has 0 aromatic heterocycles. The highest BCUT2D eigenvalue weighted by molar-refractivity contribution is 5.28. The predicted octanol–water partition coefficient (Wildman–Crippen LogP) is 2.09. The summed E-state index contributed by atoms with van der Waals surface area (Å²) in [4.78, 5) is 2.29. The lowest BCUT2D eigenvalue weighted by Crippen LogP contribution is -2.48. The predicted molar refractivity (Wildman–Crippen MR) is 69.7 cm³/mol. The van der Waals surface area contributed by atoms with Gasteiger partial charge in [-0.1, -0.05) is 6.92 Å². The number of likely N-dealkylation sites (tertiary alicyclic amines) is 1. The van der Waals surface area contributed by atoms with Gasteiger partial charge in [0.1, 0.15) is 11.6 Å². The van der Waals surface area contributed by atoms with Crippen LogP contribution in [0, 0.1) is 11.7 Å². The third-order valence-corrected chi connectivity index (χ3v) is 3.80. The molecule has 0 saturated carbocycles. The maximum absolute atomic E-state index is 13.2. The van der Waals surface area contributed by atoms with Gasteiger partial charge in [-0.15, -0.1) is 0 Å². The van der Waals surface area contributed by atoms with E-state index >= 15 is 0 Å². The fraction of sp³-hybridized carbons (Fsp3) is 0.571. The fourth-order valence-corrected chi connectivity index (χ4v) is 2.87. The second kappa shape index (κ2) is 5.67. The summed E-state index contributed by atoms with van der Waals surface area (Å²) in [5.41, 5.74) is 6.64. The summed E-state index contributed by atoms with van der Waals surface area (Å²) >= 11 is 0. The third-order valence-electron chi connectivity index (χ3n) is 3.80. The molecule has 2 atom stereocenters. The maximum Gasteiger partial charge on any atom is 0.127 e. The molecule has 1 saturated heterocycles. The van der Waals surface area contributed by atoms with Gasteiger partial charge in [-0.2, -0.15) is 0 Å². The molecule has 3 N–H and O–H groups in total. The minimum atomic E-state index is -0.389. The fourth-order valence-electron chi connectivity index (χ4n) is 2.87. The average molecular weight is 252 g/mol. The summed E-state index contributed by atoms with van der Waals surface area (Å²) in [5.74, 6) is 0.171. The van der Waals surface area contributed by atoms with Crippen LogP contribution in [-0.2, 0) is 6.54 Å². The van der Waals surface area contributed by atoms with Crippen molar-refractivity contribution in [2.75, 3.05) is 13.1 Å². The van der Waals surface area contributed by atoms with Crippen molar-refractivity contribution in [1.29, 1.82) is 0 Å². The highest BCUT2D eigenvalue weighted by Crippen LogP contribution is 2.25. The van der Waals surface area contributed by atoms with Crippen LogP contribution in [-0.4, -0.2) is 29.1 Å². The van der Waals surface area contributed by atoms with E-state index in [-0.39, 0.29) is 11.6 Å². The second-order valence-electron chi connectivity index (χ2n) is 5.21. The number of benzene rings is 1. The highest BCUT2D eigenvalue weighted by Gasteiger charge is 2.27. The Labute approximate surface area is 107 Å².